The van der Waals surface area contributed by atoms with Crippen molar-refractivity contribution in [3.63, 3.8) is 0 Å². The first-order chi connectivity index (χ1) is 8.83. The van der Waals surface area contributed by atoms with Gasteiger partial charge < -0.3 is 0 Å². The van der Waals surface area contributed by atoms with Crippen molar-refractivity contribution in [3.8, 4) is 10.4 Å². The van der Waals surface area contributed by atoms with Gasteiger partial charge in [0.2, 0.25) is 0 Å². The second-order valence-corrected chi connectivity index (χ2v) is 6.74. The highest BCUT2D eigenvalue weighted by molar-refractivity contribution is 7.19. The van der Waals surface area contributed by atoms with Gasteiger partial charge in [0.15, 0.2) is 0 Å². The molecule has 3 aromatic rings. The Balaban J connectivity index is 2.12. The molecule has 0 N–H and O–H groups in total. The van der Waals surface area contributed by atoms with E-state index in [9.17, 15) is 0 Å². The summed E-state index contributed by atoms with van der Waals surface area (Å²) in [6.07, 6.45) is 3.75. The quantitative estimate of drug-likeness (QED) is 0.628. The van der Waals surface area contributed by atoms with Crippen LogP contribution < -0.4 is 0 Å². The number of pyridine rings is 1. The summed E-state index contributed by atoms with van der Waals surface area (Å²) in [7, 11) is 0. The van der Waals surface area contributed by atoms with Crippen LogP contribution in [-0.4, -0.2) is 4.98 Å². The van der Waals surface area contributed by atoms with Gasteiger partial charge in [0.1, 0.15) is 4.83 Å². The van der Waals surface area contributed by atoms with Gasteiger partial charge in [-0.2, -0.15) is 0 Å². The average Bonchev–Trinajstić information content (AvgIpc) is 3.03. The molecule has 0 atom stereocenters. The van der Waals surface area contributed by atoms with E-state index in [1.807, 2.05) is 18.3 Å². The van der Waals surface area contributed by atoms with E-state index < -0.39 is 0 Å². The first-order valence-electron chi connectivity index (χ1n) is 6.21. The summed E-state index contributed by atoms with van der Waals surface area (Å²) in [6, 6.07) is 7.78. The maximum atomic E-state index is 4.68. The van der Waals surface area contributed by atoms with Gasteiger partial charge in [0, 0.05) is 32.5 Å². The first-order valence-corrected chi connectivity index (χ1v) is 7.90. The van der Waals surface area contributed by atoms with E-state index >= 15 is 0 Å². The molecule has 0 fully saturated rings. The molecule has 0 amide bonds. The number of fused-ring (bicyclic) bond motifs is 3. The molecule has 0 aliphatic heterocycles. The number of rotatable bonds is 1. The largest absolute Gasteiger partial charge is 0.242 e. The van der Waals surface area contributed by atoms with Crippen LogP contribution in [0.25, 0.3) is 20.7 Å². The number of aromatic nitrogens is 1. The molecule has 3 aromatic heterocycles. The fraction of sp³-hybridized carbons (Fsp3) is 0.267. The molecule has 4 rings (SSSR count). The zero-order valence-corrected chi connectivity index (χ0v) is 11.8. The smallest absolute Gasteiger partial charge is 0.124 e. The lowest BCUT2D eigenvalue weighted by Gasteiger charge is -2.04. The normalized spacial score (nSPS) is 14.3. The second kappa shape index (κ2) is 3.90. The van der Waals surface area contributed by atoms with Crippen molar-refractivity contribution in [2.24, 2.45) is 0 Å². The van der Waals surface area contributed by atoms with Crippen LogP contribution in [0, 0.1) is 13.0 Å². The summed E-state index contributed by atoms with van der Waals surface area (Å²) in [5.74, 6) is 0. The van der Waals surface area contributed by atoms with Crippen molar-refractivity contribution < 1.29 is 0 Å². The Hall–Kier alpha value is -1.19. The molecule has 0 bridgehead atoms. The molecule has 0 spiro atoms. The third kappa shape index (κ3) is 1.47. The number of thiophene rings is 2. The first kappa shape index (κ1) is 10.7. The Kier molecular flexibility index (Phi) is 2.32. The molecule has 0 saturated carbocycles. The van der Waals surface area contributed by atoms with Gasteiger partial charge in [-0.1, -0.05) is 6.07 Å². The minimum Gasteiger partial charge on any atom is -0.242 e. The van der Waals surface area contributed by atoms with Crippen molar-refractivity contribution >= 4 is 32.9 Å². The Morgan fingerprint density at radius 3 is 3.11 bits per heavy atom. The standard InChI is InChI=1S/C15H12NS2/c1-9-8-11(12-6-3-7-17-12)14-10-4-2-5-13(10)18-15(14)16-9/h3,6-7H,2,4-5H2,1H3. The van der Waals surface area contributed by atoms with Crippen LogP contribution in [0.4, 0.5) is 0 Å². The van der Waals surface area contributed by atoms with Crippen LogP contribution >= 0.6 is 22.7 Å². The van der Waals surface area contributed by atoms with Gasteiger partial charge in [0.25, 0.3) is 0 Å². The molecule has 0 saturated heterocycles. The molecule has 3 heterocycles. The van der Waals surface area contributed by atoms with Crippen LogP contribution in [0.15, 0.2) is 17.5 Å². The fourth-order valence-electron chi connectivity index (χ4n) is 2.76. The maximum Gasteiger partial charge on any atom is 0.124 e. The minimum absolute atomic E-state index is 1.01. The molecule has 1 aliphatic carbocycles. The van der Waals surface area contributed by atoms with Crippen molar-refractivity contribution in [2.45, 2.75) is 26.2 Å². The van der Waals surface area contributed by atoms with E-state index in [1.165, 1.54) is 39.9 Å². The van der Waals surface area contributed by atoms with Gasteiger partial charge >= 0.3 is 0 Å². The molecule has 89 valence electrons. The summed E-state index contributed by atoms with van der Waals surface area (Å²) in [5, 5.41) is 3.51. The molecule has 1 aliphatic rings. The summed E-state index contributed by atoms with van der Waals surface area (Å²) in [4.78, 5) is 8.75. The molecular formula is C15H12NS2. The van der Waals surface area contributed by atoms with E-state index in [0.29, 0.717) is 0 Å². The maximum absolute atomic E-state index is 4.68. The minimum atomic E-state index is 1.01. The number of aryl methyl sites for hydroxylation is 3. The van der Waals surface area contributed by atoms with E-state index in [-0.39, 0.29) is 0 Å². The third-order valence-corrected chi connectivity index (χ3v) is 5.57. The van der Waals surface area contributed by atoms with Gasteiger partial charge in [-0.15, -0.1) is 22.7 Å². The summed E-state index contributed by atoms with van der Waals surface area (Å²) >= 11 is 3.68. The molecule has 1 radical (unpaired) electrons. The third-order valence-electron chi connectivity index (χ3n) is 3.50. The molecule has 3 heteroatoms. The summed E-state index contributed by atoms with van der Waals surface area (Å²) in [5.41, 5.74) is 3.82. The Bertz CT molecular complexity index is 723. The van der Waals surface area contributed by atoms with Gasteiger partial charge in [-0.3, -0.25) is 0 Å². The molecule has 1 nitrogen and oxygen atoms in total. The van der Waals surface area contributed by atoms with Gasteiger partial charge in [-0.05, 0) is 43.2 Å². The predicted molar refractivity (Wildman–Crippen MR) is 78.5 cm³/mol. The number of hydrogen-bond acceptors (Lipinski definition) is 3. The Labute approximate surface area is 114 Å². The molecule has 0 unspecified atom stereocenters. The van der Waals surface area contributed by atoms with Crippen LogP contribution in [0.2, 0.25) is 0 Å². The van der Waals surface area contributed by atoms with Crippen molar-refractivity contribution in [2.75, 3.05) is 0 Å². The zero-order valence-electron chi connectivity index (χ0n) is 10.1. The lowest BCUT2D eigenvalue weighted by atomic mass is 10.1. The second-order valence-electron chi connectivity index (χ2n) is 4.71. The van der Waals surface area contributed by atoms with Crippen LogP contribution in [0.5, 0.6) is 0 Å². The highest BCUT2D eigenvalue weighted by Crippen LogP contribution is 2.42. The topological polar surface area (TPSA) is 12.9 Å². The van der Waals surface area contributed by atoms with Crippen LogP contribution in [-0.2, 0) is 12.8 Å². The molecule has 0 aromatic carbocycles. The number of hydrogen-bond donors (Lipinski definition) is 0. The van der Waals surface area contributed by atoms with E-state index in [1.54, 1.807) is 21.8 Å². The zero-order chi connectivity index (χ0) is 12.1. The van der Waals surface area contributed by atoms with E-state index in [2.05, 4.69) is 28.6 Å². The van der Waals surface area contributed by atoms with Crippen LogP contribution in [0.1, 0.15) is 22.6 Å². The van der Waals surface area contributed by atoms with Crippen molar-refractivity contribution in [1.82, 2.24) is 4.98 Å². The molecular weight excluding hydrogens is 258 g/mol. The molecule has 18 heavy (non-hydrogen) atoms. The Morgan fingerprint density at radius 1 is 1.33 bits per heavy atom. The monoisotopic (exact) mass is 270 g/mol. The lowest BCUT2D eigenvalue weighted by Crippen LogP contribution is -1.87. The van der Waals surface area contributed by atoms with E-state index in [0.717, 1.165) is 5.69 Å². The highest BCUT2D eigenvalue weighted by Gasteiger charge is 2.21. The average molecular weight is 270 g/mol. The van der Waals surface area contributed by atoms with Crippen molar-refractivity contribution in [3.05, 3.63) is 39.7 Å². The fourth-order valence-corrected chi connectivity index (χ4v) is 4.80. The SMILES string of the molecule is Cc1[c]c(-c2cccs2)c2c3c(sc2n1)CCC3. The van der Waals surface area contributed by atoms with Crippen molar-refractivity contribution in [1.29, 1.82) is 0 Å². The lowest BCUT2D eigenvalue weighted by molar-refractivity contribution is 0.917. The Morgan fingerprint density at radius 2 is 2.28 bits per heavy atom. The summed E-state index contributed by atoms with van der Waals surface area (Å²) < 4.78 is 0. The van der Waals surface area contributed by atoms with E-state index in [4.69, 9.17) is 0 Å². The predicted octanol–water partition coefficient (Wildman–Crippen LogP) is 4.62. The number of nitrogens with zero attached hydrogens (tertiary/aromatic N) is 1. The summed E-state index contributed by atoms with van der Waals surface area (Å²) in [6.45, 7) is 2.04. The highest BCUT2D eigenvalue weighted by atomic mass is 32.1. The van der Waals surface area contributed by atoms with Crippen LogP contribution in [0.3, 0.4) is 0 Å². The van der Waals surface area contributed by atoms with Gasteiger partial charge in [-0.25, -0.2) is 4.98 Å². The van der Waals surface area contributed by atoms with Gasteiger partial charge in [0.05, 0.1) is 0 Å².